The lowest BCUT2D eigenvalue weighted by Crippen LogP contribution is -2.36. The normalized spacial score (nSPS) is 14.4. The van der Waals surface area contributed by atoms with E-state index in [4.69, 9.17) is 15.2 Å². The lowest BCUT2D eigenvalue weighted by molar-refractivity contribution is 0.123. The van der Waals surface area contributed by atoms with Gasteiger partial charge >= 0.3 is 0 Å². The molecule has 0 saturated carbocycles. The largest absolute Gasteiger partial charge is 0.495 e. The van der Waals surface area contributed by atoms with E-state index < -0.39 is 0 Å². The summed E-state index contributed by atoms with van der Waals surface area (Å²) in [4.78, 5) is 11.0. The highest BCUT2D eigenvalue weighted by atomic mass is 16.5. The average Bonchev–Trinajstić information content (AvgIpc) is 3.38. The second-order valence-electron chi connectivity index (χ2n) is 7.22. The molecule has 1 fully saturated rings. The number of imidazole rings is 1. The summed E-state index contributed by atoms with van der Waals surface area (Å²) in [6, 6.07) is 10.2. The fraction of sp³-hybridized carbons (Fsp3) is 0.286. The van der Waals surface area contributed by atoms with E-state index in [2.05, 4.69) is 26.0 Å². The fourth-order valence-electron chi connectivity index (χ4n) is 3.84. The van der Waals surface area contributed by atoms with Gasteiger partial charge in [-0.2, -0.15) is 4.98 Å². The zero-order valence-corrected chi connectivity index (χ0v) is 16.9. The van der Waals surface area contributed by atoms with Gasteiger partial charge in [-0.25, -0.2) is 9.50 Å². The van der Waals surface area contributed by atoms with Crippen molar-refractivity contribution in [3.8, 4) is 22.7 Å². The Labute approximate surface area is 173 Å². The number of morpholine rings is 1. The molecule has 1 aromatic carbocycles. The molecule has 154 valence electrons. The van der Waals surface area contributed by atoms with E-state index in [-0.39, 0.29) is 5.95 Å². The molecule has 0 spiro atoms. The highest BCUT2D eigenvalue weighted by Crippen LogP contribution is 2.32. The van der Waals surface area contributed by atoms with Gasteiger partial charge in [-0.1, -0.05) is 6.07 Å². The van der Waals surface area contributed by atoms with Crippen LogP contribution in [0.3, 0.4) is 0 Å². The van der Waals surface area contributed by atoms with Crippen LogP contribution in [0.1, 0.15) is 5.69 Å². The van der Waals surface area contributed by atoms with Gasteiger partial charge in [0.15, 0.2) is 5.65 Å². The standard InChI is InChI=1S/C21H23N7O2/c1-14-12-27(13-23-14)17-4-3-15(11-19(17)29-2)16-5-6-18(26-7-9-30-10-8-26)20-24-21(22)25-28(16)20/h3-6,11-13H,7-10H2,1-2H3,(H2,22,25). The molecule has 1 saturated heterocycles. The third-order valence-electron chi connectivity index (χ3n) is 5.30. The number of pyridine rings is 1. The van der Waals surface area contributed by atoms with Crippen LogP contribution < -0.4 is 15.4 Å². The molecular formula is C21H23N7O2. The van der Waals surface area contributed by atoms with Crippen molar-refractivity contribution < 1.29 is 9.47 Å². The van der Waals surface area contributed by atoms with Crippen LogP contribution in [0, 0.1) is 6.92 Å². The molecule has 3 aromatic heterocycles. The summed E-state index contributed by atoms with van der Waals surface area (Å²) in [7, 11) is 1.66. The van der Waals surface area contributed by atoms with Crippen LogP contribution in [-0.2, 0) is 4.74 Å². The number of aryl methyl sites for hydroxylation is 1. The van der Waals surface area contributed by atoms with Crippen molar-refractivity contribution in [3.05, 3.63) is 48.5 Å². The molecule has 0 bridgehead atoms. The Bertz CT molecular complexity index is 1210. The van der Waals surface area contributed by atoms with Crippen molar-refractivity contribution in [2.75, 3.05) is 44.0 Å². The third kappa shape index (κ3) is 3.13. The van der Waals surface area contributed by atoms with Crippen LogP contribution >= 0.6 is 0 Å². The number of rotatable bonds is 4. The lowest BCUT2D eigenvalue weighted by Gasteiger charge is -2.29. The molecule has 9 nitrogen and oxygen atoms in total. The predicted molar refractivity (Wildman–Crippen MR) is 114 cm³/mol. The Balaban J connectivity index is 1.61. The summed E-state index contributed by atoms with van der Waals surface area (Å²) in [5.74, 6) is 0.984. The second-order valence-corrected chi connectivity index (χ2v) is 7.22. The number of fused-ring (bicyclic) bond motifs is 1. The van der Waals surface area contributed by atoms with Crippen LogP contribution in [0.25, 0.3) is 22.6 Å². The number of hydrogen-bond acceptors (Lipinski definition) is 7. The summed E-state index contributed by atoms with van der Waals surface area (Å²) in [5.41, 5.74) is 11.4. The molecule has 4 heterocycles. The molecular weight excluding hydrogens is 382 g/mol. The third-order valence-corrected chi connectivity index (χ3v) is 5.30. The first-order valence-corrected chi connectivity index (χ1v) is 9.81. The zero-order valence-electron chi connectivity index (χ0n) is 16.9. The molecule has 4 aromatic rings. The molecule has 0 unspecified atom stereocenters. The number of anilines is 2. The topological polar surface area (TPSA) is 95.7 Å². The first kappa shape index (κ1) is 18.4. The van der Waals surface area contributed by atoms with Gasteiger partial charge in [0.1, 0.15) is 5.75 Å². The molecule has 0 atom stereocenters. The van der Waals surface area contributed by atoms with Gasteiger partial charge in [0.2, 0.25) is 5.95 Å². The van der Waals surface area contributed by atoms with Crippen molar-refractivity contribution in [3.63, 3.8) is 0 Å². The van der Waals surface area contributed by atoms with E-state index in [1.165, 1.54) is 0 Å². The second kappa shape index (κ2) is 7.34. The molecule has 0 amide bonds. The number of methoxy groups -OCH3 is 1. The molecule has 9 heteroatoms. The Hall–Kier alpha value is -3.59. The number of nitrogen functional groups attached to an aromatic ring is 1. The summed E-state index contributed by atoms with van der Waals surface area (Å²) < 4.78 is 14.9. The molecule has 0 aliphatic carbocycles. The van der Waals surface area contributed by atoms with Crippen LogP contribution in [0.2, 0.25) is 0 Å². The van der Waals surface area contributed by atoms with Crippen molar-refractivity contribution in [2.45, 2.75) is 6.92 Å². The van der Waals surface area contributed by atoms with Crippen LogP contribution in [0.5, 0.6) is 5.75 Å². The van der Waals surface area contributed by atoms with Crippen LogP contribution in [0.4, 0.5) is 11.6 Å². The number of ether oxygens (including phenoxy) is 2. The van der Waals surface area contributed by atoms with E-state index in [0.717, 1.165) is 52.8 Å². The minimum Gasteiger partial charge on any atom is -0.495 e. The minimum absolute atomic E-state index is 0.245. The highest BCUT2D eigenvalue weighted by molar-refractivity contribution is 5.76. The summed E-state index contributed by atoms with van der Waals surface area (Å²) in [5, 5.41) is 4.45. The Kier molecular flexibility index (Phi) is 4.51. The maximum atomic E-state index is 5.97. The summed E-state index contributed by atoms with van der Waals surface area (Å²) in [6.07, 6.45) is 3.74. The van der Waals surface area contributed by atoms with Crippen LogP contribution in [-0.4, -0.2) is 57.6 Å². The molecule has 1 aliphatic rings. The number of nitrogens with zero attached hydrogens (tertiary/aromatic N) is 6. The monoisotopic (exact) mass is 405 g/mol. The van der Waals surface area contributed by atoms with Crippen molar-refractivity contribution >= 4 is 17.3 Å². The minimum atomic E-state index is 0.245. The molecule has 1 aliphatic heterocycles. The average molecular weight is 405 g/mol. The molecule has 0 radical (unpaired) electrons. The van der Waals surface area contributed by atoms with E-state index in [0.29, 0.717) is 13.2 Å². The van der Waals surface area contributed by atoms with E-state index in [9.17, 15) is 0 Å². The number of aromatic nitrogens is 5. The van der Waals surface area contributed by atoms with Gasteiger partial charge in [0.25, 0.3) is 0 Å². The van der Waals surface area contributed by atoms with Gasteiger partial charge < -0.3 is 24.7 Å². The van der Waals surface area contributed by atoms with Gasteiger partial charge in [0, 0.05) is 24.8 Å². The summed E-state index contributed by atoms with van der Waals surface area (Å²) >= 11 is 0. The van der Waals surface area contributed by atoms with E-state index >= 15 is 0 Å². The first-order valence-electron chi connectivity index (χ1n) is 9.81. The van der Waals surface area contributed by atoms with Crippen molar-refractivity contribution in [2.24, 2.45) is 0 Å². The Morgan fingerprint density at radius 2 is 1.90 bits per heavy atom. The molecule has 5 rings (SSSR count). The van der Waals surface area contributed by atoms with Gasteiger partial charge in [-0.3, -0.25) is 0 Å². The van der Waals surface area contributed by atoms with E-state index in [1.54, 1.807) is 18.0 Å². The summed E-state index contributed by atoms with van der Waals surface area (Å²) in [6.45, 7) is 4.98. The Morgan fingerprint density at radius 1 is 1.10 bits per heavy atom. The maximum absolute atomic E-state index is 5.97. The first-order chi connectivity index (χ1) is 14.6. The number of benzene rings is 1. The van der Waals surface area contributed by atoms with Gasteiger partial charge in [-0.15, -0.1) is 5.10 Å². The molecule has 2 N–H and O–H groups in total. The predicted octanol–water partition coefficient (Wildman–Crippen LogP) is 2.32. The van der Waals surface area contributed by atoms with Crippen molar-refractivity contribution in [1.82, 2.24) is 24.1 Å². The van der Waals surface area contributed by atoms with E-state index in [1.807, 2.05) is 42.0 Å². The fourth-order valence-corrected chi connectivity index (χ4v) is 3.84. The zero-order chi connectivity index (χ0) is 20.7. The Morgan fingerprint density at radius 3 is 2.63 bits per heavy atom. The van der Waals surface area contributed by atoms with Gasteiger partial charge in [0.05, 0.1) is 49.4 Å². The van der Waals surface area contributed by atoms with Crippen LogP contribution in [0.15, 0.2) is 42.9 Å². The highest BCUT2D eigenvalue weighted by Gasteiger charge is 2.19. The number of nitrogens with two attached hydrogens (primary N) is 1. The SMILES string of the molecule is COc1cc(-c2ccc(N3CCOCC3)c3nc(N)nn23)ccc1-n1cnc(C)c1. The molecule has 30 heavy (non-hydrogen) atoms. The van der Waals surface area contributed by atoms with Crippen molar-refractivity contribution in [1.29, 1.82) is 0 Å². The van der Waals surface area contributed by atoms with Gasteiger partial charge in [-0.05, 0) is 31.2 Å². The lowest BCUT2D eigenvalue weighted by atomic mass is 10.1. The maximum Gasteiger partial charge on any atom is 0.240 e. The number of hydrogen-bond donors (Lipinski definition) is 1. The quantitative estimate of drug-likeness (QED) is 0.557. The smallest absolute Gasteiger partial charge is 0.240 e.